The Hall–Kier alpha value is -1.84. The first-order valence-electron chi connectivity index (χ1n) is 9.59. The van der Waals surface area contributed by atoms with Crippen LogP contribution in [-0.2, 0) is 16.0 Å². The fourth-order valence-corrected chi connectivity index (χ4v) is 3.93. The van der Waals surface area contributed by atoms with Gasteiger partial charge < -0.3 is 10.2 Å². The molecule has 1 aromatic rings. The highest BCUT2D eigenvalue weighted by atomic mass is 16.2. The number of benzene rings is 1. The van der Waals surface area contributed by atoms with Gasteiger partial charge in [0.05, 0.1) is 0 Å². The summed E-state index contributed by atoms with van der Waals surface area (Å²) in [7, 11) is 0. The number of rotatable bonds is 4. The summed E-state index contributed by atoms with van der Waals surface area (Å²) < 4.78 is 0. The van der Waals surface area contributed by atoms with E-state index < -0.39 is 5.41 Å². The number of anilines is 2. The molecule has 1 fully saturated rings. The van der Waals surface area contributed by atoms with Crippen LogP contribution in [0.3, 0.4) is 0 Å². The molecular weight excluding hydrogens is 312 g/mol. The molecule has 0 atom stereocenters. The van der Waals surface area contributed by atoms with E-state index in [-0.39, 0.29) is 11.8 Å². The van der Waals surface area contributed by atoms with Gasteiger partial charge in [0.25, 0.3) is 0 Å². The summed E-state index contributed by atoms with van der Waals surface area (Å²) in [6, 6.07) is 5.95. The minimum Gasteiger partial charge on any atom is -0.326 e. The number of carbonyl (C=O) groups is 2. The lowest BCUT2D eigenvalue weighted by atomic mass is 9.94. The number of hydrogen-bond donors (Lipinski definition) is 1. The first-order chi connectivity index (χ1) is 11.8. The van der Waals surface area contributed by atoms with Crippen molar-refractivity contribution in [1.29, 1.82) is 0 Å². The summed E-state index contributed by atoms with van der Waals surface area (Å²) in [5, 5.41) is 3.02. The molecule has 0 bridgehead atoms. The van der Waals surface area contributed by atoms with E-state index in [0.717, 1.165) is 36.7 Å². The smallest absolute Gasteiger partial charge is 0.232 e. The summed E-state index contributed by atoms with van der Waals surface area (Å²) >= 11 is 0. The molecule has 2 amide bonds. The van der Waals surface area contributed by atoms with Crippen LogP contribution in [0.25, 0.3) is 0 Å². The van der Waals surface area contributed by atoms with Gasteiger partial charge in [0.15, 0.2) is 0 Å². The Balaban J connectivity index is 1.64. The second kappa shape index (κ2) is 7.19. The van der Waals surface area contributed by atoms with Crippen LogP contribution in [-0.4, -0.2) is 18.4 Å². The van der Waals surface area contributed by atoms with Crippen molar-refractivity contribution in [2.45, 2.75) is 65.7 Å². The average Bonchev–Trinajstić information content (AvgIpc) is 3.20. The molecule has 1 aliphatic heterocycles. The van der Waals surface area contributed by atoms with E-state index >= 15 is 0 Å². The van der Waals surface area contributed by atoms with E-state index in [2.05, 4.69) is 5.32 Å². The number of fused-ring (bicyclic) bond motifs is 1. The number of nitrogens with zero attached hydrogens (tertiary/aromatic N) is 1. The molecule has 1 aliphatic carbocycles. The molecule has 1 heterocycles. The molecule has 3 rings (SSSR count). The summed E-state index contributed by atoms with van der Waals surface area (Å²) in [5.74, 6) is 0.945. The molecule has 4 heteroatoms. The normalized spacial score (nSPS) is 17.6. The molecule has 0 unspecified atom stereocenters. The van der Waals surface area contributed by atoms with E-state index in [4.69, 9.17) is 0 Å². The monoisotopic (exact) mass is 342 g/mol. The predicted molar refractivity (Wildman–Crippen MR) is 102 cm³/mol. The topological polar surface area (TPSA) is 49.4 Å². The SMILES string of the molecule is CC(C)(C)C(=O)N1CCc2ccc(NC(=O)CCC3CCCC3)cc21. The van der Waals surface area contributed by atoms with E-state index in [1.165, 1.54) is 31.2 Å². The second-order valence-corrected chi connectivity index (χ2v) is 8.54. The number of carbonyl (C=O) groups excluding carboxylic acids is 2. The highest BCUT2D eigenvalue weighted by Gasteiger charge is 2.32. The molecule has 25 heavy (non-hydrogen) atoms. The third kappa shape index (κ3) is 4.23. The molecule has 1 aromatic carbocycles. The van der Waals surface area contributed by atoms with Gasteiger partial charge >= 0.3 is 0 Å². The van der Waals surface area contributed by atoms with Gasteiger partial charge in [-0.25, -0.2) is 0 Å². The van der Waals surface area contributed by atoms with Crippen LogP contribution in [0.5, 0.6) is 0 Å². The van der Waals surface area contributed by atoms with Crippen molar-refractivity contribution in [3.05, 3.63) is 23.8 Å². The fraction of sp³-hybridized carbons (Fsp3) is 0.619. The Labute approximate surface area is 151 Å². The van der Waals surface area contributed by atoms with Crippen molar-refractivity contribution < 1.29 is 9.59 Å². The Morgan fingerprint density at radius 2 is 1.92 bits per heavy atom. The molecule has 0 aromatic heterocycles. The van der Waals surface area contributed by atoms with E-state index in [9.17, 15) is 9.59 Å². The molecule has 1 saturated carbocycles. The predicted octanol–water partition coefficient (Wildman–Crippen LogP) is 4.53. The first-order valence-corrected chi connectivity index (χ1v) is 9.59. The highest BCUT2D eigenvalue weighted by Crippen LogP contribution is 2.34. The Morgan fingerprint density at radius 1 is 1.20 bits per heavy atom. The van der Waals surface area contributed by atoms with Crippen molar-refractivity contribution in [1.82, 2.24) is 0 Å². The van der Waals surface area contributed by atoms with E-state index in [1.54, 1.807) is 0 Å². The molecule has 0 radical (unpaired) electrons. The molecule has 2 aliphatic rings. The molecule has 4 nitrogen and oxygen atoms in total. The van der Waals surface area contributed by atoms with Gasteiger partial charge in [-0.05, 0) is 36.5 Å². The maximum Gasteiger partial charge on any atom is 0.232 e. The zero-order valence-electron chi connectivity index (χ0n) is 15.7. The van der Waals surface area contributed by atoms with Crippen molar-refractivity contribution in [3.8, 4) is 0 Å². The molecule has 0 spiro atoms. The zero-order chi connectivity index (χ0) is 18.0. The standard InChI is InChI=1S/C21H30N2O2/c1-21(2,3)20(25)23-13-12-16-9-10-17(14-18(16)23)22-19(24)11-8-15-6-4-5-7-15/h9-10,14-15H,4-8,11-13H2,1-3H3,(H,22,24). The molecular formula is C21H30N2O2. The average molecular weight is 342 g/mol. The molecule has 1 N–H and O–H groups in total. The summed E-state index contributed by atoms with van der Waals surface area (Å²) in [6.07, 6.45) is 7.64. The minimum atomic E-state index is -0.401. The van der Waals surface area contributed by atoms with Gasteiger partial charge in [0.1, 0.15) is 0 Å². The van der Waals surface area contributed by atoms with Crippen LogP contribution < -0.4 is 10.2 Å². The Bertz CT molecular complexity index is 654. The Kier molecular flexibility index (Phi) is 5.16. The summed E-state index contributed by atoms with van der Waals surface area (Å²) in [4.78, 5) is 26.8. The van der Waals surface area contributed by atoms with Crippen molar-refractivity contribution in [2.75, 3.05) is 16.8 Å². The van der Waals surface area contributed by atoms with Gasteiger partial charge in [-0.3, -0.25) is 9.59 Å². The van der Waals surface area contributed by atoms with E-state index in [1.807, 2.05) is 43.9 Å². The maximum atomic E-state index is 12.7. The minimum absolute atomic E-state index is 0.0820. The quantitative estimate of drug-likeness (QED) is 0.874. The van der Waals surface area contributed by atoms with Gasteiger partial charge in [-0.2, -0.15) is 0 Å². The van der Waals surface area contributed by atoms with Crippen LogP contribution in [0.2, 0.25) is 0 Å². The van der Waals surface area contributed by atoms with Crippen molar-refractivity contribution >= 4 is 23.2 Å². The van der Waals surface area contributed by atoms with Crippen LogP contribution in [0.1, 0.15) is 64.9 Å². The number of nitrogens with one attached hydrogen (secondary N) is 1. The lowest BCUT2D eigenvalue weighted by molar-refractivity contribution is -0.125. The van der Waals surface area contributed by atoms with Crippen LogP contribution in [0, 0.1) is 11.3 Å². The second-order valence-electron chi connectivity index (χ2n) is 8.54. The molecule has 136 valence electrons. The van der Waals surface area contributed by atoms with E-state index in [0.29, 0.717) is 6.42 Å². The van der Waals surface area contributed by atoms with Crippen LogP contribution in [0.4, 0.5) is 11.4 Å². The zero-order valence-corrected chi connectivity index (χ0v) is 15.7. The Morgan fingerprint density at radius 3 is 2.60 bits per heavy atom. The summed E-state index contributed by atoms with van der Waals surface area (Å²) in [5.41, 5.74) is 2.53. The van der Waals surface area contributed by atoms with Gasteiger partial charge in [0, 0.05) is 29.8 Å². The third-order valence-electron chi connectivity index (χ3n) is 5.41. The fourth-order valence-electron chi connectivity index (χ4n) is 3.93. The number of amides is 2. The lowest BCUT2D eigenvalue weighted by Gasteiger charge is -2.26. The summed E-state index contributed by atoms with van der Waals surface area (Å²) in [6.45, 7) is 6.57. The maximum absolute atomic E-state index is 12.7. The van der Waals surface area contributed by atoms with Crippen molar-refractivity contribution in [2.24, 2.45) is 11.3 Å². The van der Waals surface area contributed by atoms with Gasteiger partial charge in [-0.1, -0.05) is 52.5 Å². The van der Waals surface area contributed by atoms with Gasteiger partial charge in [-0.15, -0.1) is 0 Å². The van der Waals surface area contributed by atoms with Gasteiger partial charge in [0.2, 0.25) is 11.8 Å². The molecule has 0 saturated heterocycles. The highest BCUT2D eigenvalue weighted by molar-refractivity contribution is 6.00. The third-order valence-corrected chi connectivity index (χ3v) is 5.41. The van der Waals surface area contributed by atoms with Crippen LogP contribution >= 0.6 is 0 Å². The largest absolute Gasteiger partial charge is 0.326 e. The number of hydrogen-bond acceptors (Lipinski definition) is 2. The van der Waals surface area contributed by atoms with Crippen molar-refractivity contribution in [3.63, 3.8) is 0 Å². The lowest BCUT2D eigenvalue weighted by Crippen LogP contribution is -2.38. The first kappa shape index (κ1) is 18.0. The van der Waals surface area contributed by atoms with Crippen LogP contribution in [0.15, 0.2) is 18.2 Å².